The zero-order chi connectivity index (χ0) is 15.4. The molecular weight excluding hydrogens is 311 g/mol. The molecular formula is C15H12Cl2N2O2. The summed E-state index contributed by atoms with van der Waals surface area (Å²) < 4.78 is 0. The number of hydrogen-bond donors (Lipinski definition) is 2. The van der Waals surface area contributed by atoms with E-state index in [4.69, 9.17) is 28.4 Å². The highest BCUT2D eigenvalue weighted by Crippen LogP contribution is 2.23. The average Bonchev–Trinajstić information content (AvgIpc) is 2.49. The highest BCUT2D eigenvalue weighted by molar-refractivity contribution is 6.42. The minimum atomic E-state index is -0.327. The van der Waals surface area contributed by atoms with E-state index in [1.54, 1.807) is 43.3 Å². The van der Waals surface area contributed by atoms with Gasteiger partial charge in [-0.25, -0.2) is 0 Å². The fraction of sp³-hybridized carbons (Fsp3) is 0.0667. The number of nitrogens with zero attached hydrogens (tertiary/aromatic N) is 1. The van der Waals surface area contributed by atoms with Crippen molar-refractivity contribution in [1.29, 1.82) is 0 Å². The van der Waals surface area contributed by atoms with Crippen LogP contribution in [0.25, 0.3) is 0 Å². The maximum Gasteiger partial charge on any atom is 0.255 e. The van der Waals surface area contributed by atoms with Gasteiger partial charge in [-0.05, 0) is 31.2 Å². The van der Waals surface area contributed by atoms with Crippen LogP contribution in [-0.2, 0) is 0 Å². The van der Waals surface area contributed by atoms with E-state index < -0.39 is 0 Å². The maximum atomic E-state index is 12.2. The van der Waals surface area contributed by atoms with Crippen LogP contribution in [0.15, 0.2) is 47.6 Å². The first-order chi connectivity index (χ1) is 10.0. The van der Waals surface area contributed by atoms with Crippen LogP contribution < -0.4 is 5.32 Å². The van der Waals surface area contributed by atoms with Gasteiger partial charge in [0.15, 0.2) is 0 Å². The molecule has 0 heterocycles. The van der Waals surface area contributed by atoms with Crippen molar-refractivity contribution in [2.75, 3.05) is 5.32 Å². The molecule has 0 unspecified atom stereocenters. The van der Waals surface area contributed by atoms with E-state index in [0.717, 1.165) is 0 Å². The van der Waals surface area contributed by atoms with Gasteiger partial charge >= 0.3 is 0 Å². The van der Waals surface area contributed by atoms with E-state index in [-0.39, 0.29) is 5.91 Å². The topological polar surface area (TPSA) is 61.7 Å². The predicted octanol–water partition coefficient (Wildman–Crippen LogP) is 4.44. The SMILES string of the molecule is C/C(=N\O)c1ccccc1NC(=O)c1ccc(Cl)c(Cl)c1. The van der Waals surface area contributed by atoms with Crippen LogP contribution in [0.1, 0.15) is 22.8 Å². The second kappa shape index (κ2) is 6.61. The zero-order valence-electron chi connectivity index (χ0n) is 11.1. The Kier molecular flexibility index (Phi) is 4.83. The molecule has 2 rings (SSSR count). The highest BCUT2D eigenvalue weighted by Gasteiger charge is 2.12. The van der Waals surface area contributed by atoms with Crippen LogP contribution in [0.3, 0.4) is 0 Å². The first-order valence-corrected chi connectivity index (χ1v) is 6.83. The number of benzene rings is 2. The van der Waals surface area contributed by atoms with E-state index >= 15 is 0 Å². The average molecular weight is 323 g/mol. The molecule has 0 spiro atoms. The summed E-state index contributed by atoms with van der Waals surface area (Å²) in [5.74, 6) is -0.327. The Morgan fingerprint density at radius 1 is 1.14 bits per heavy atom. The van der Waals surface area contributed by atoms with Gasteiger partial charge in [-0.15, -0.1) is 0 Å². The van der Waals surface area contributed by atoms with Gasteiger partial charge in [0, 0.05) is 11.1 Å². The standard InChI is InChI=1S/C15H12Cl2N2O2/c1-9(19-21)11-4-2-3-5-14(11)18-15(20)10-6-7-12(16)13(17)8-10/h2-8,21H,1H3,(H,18,20)/b19-9+. The van der Waals surface area contributed by atoms with Crippen molar-refractivity contribution in [2.24, 2.45) is 5.16 Å². The third kappa shape index (κ3) is 3.54. The summed E-state index contributed by atoms with van der Waals surface area (Å²) in [7, 11) is 0. The smallest absolute Gasteiger partial charge is 0.255 e. The Bertz CT molecular complexity index is 715. The second-order valence-corrected chi connectivity index (χ2v) is 5.13. The normalized spacial score (nSPS) is 11.3. The summed E-state index contributed by atoms with van der Waals surface area (Å²) >= 11 is 11.7. The van der Waals surface area contributed by atoms with Gasteiger partial charge in [-0.3, -0.25) is 4.79 Å². The van der Waals surface area contributed by atoms with Crippen molar-refractivity contribution < 1.29 is 10.0 Å². The van der Waals surface area contributed by atoms with Gasteiger partial charge in [0.2, 0.25) is 0 Å². The zero-order valence-corrected chi connectivity index (χ0v) is 12.6. The van der Waals surface area contributed by atoms with Crippen LogP contribution in [0, 0.1) is 0 Å². The summed E-state index contributed by atoms with van der Waals surface area (Å²) in [6, 6.07) is 11.7. The van der Waals surface area contributed by atoms with Crippen LogP contribution in [0.4, 0.5) is 5.69 Å². The number of oxime groups is 1. The summed E-state index contributed by atoms with van der Waals surface area (Å²) in [5.41, 5.74) is 1.97. The van der Waals surface area contributed by atoms with Gasteiger partial charge < -0.3 is 10.5 Å². The molecule has 0 saturated heterocycles. The minimum Gasteiger partial charge on any atom is -0.411 e. The van der Waals surface area contributed by atoms with E-state index in [0.29, 0.717) is 32.6 Å². The van der Waals surface area contributed by atoms with Gasteiger partial charge in [-0.2, -0.15) is 0 Å². The number of para-hydroxylation sites is 1. The molecule has 0 aliphatic rings. The Morgan fingerprint density at radius 3 is 2.52 bits per heavy atom. The van der Waals surface area contributed by atoms with Crippen LogP contribution >= 0.6 is 23.2 Å². The molecule has 2 aromatic carbocycles. The summed E-state index contributed by atoms with van der Waals surface area (Å²) in [6.45, 7) is 1.64. The fourth-order valence-electron chi connectivity index (χ4n) is 1.79. The number of amides is 1. The van der Waals surface area contributed by atoms with E-state index in [9.17, 15) is 4.79 Å². The number of carbonyl (C=O) groups excluding carboxylic acids is 1. The first kappa shape index (κ1) is 15.4. The van der Waals surface area contributed by atoms with Crippen molar-refractivity contribution in [3.63, 3.8) is 0 Å². The van der Waals surface area contributed by atoms with Crippen molar-refractivity contribution >= 4 is 40.5 Å². The van der Waals surface area contributed by atoms with Crippen LogP contribution in [0.2, 0.25) is 10.0 Å². The van der Waals surface area contributed by atoms with Crippen molar-refractivity contribution in [3.8, 4) is 0 Å². The third-order valence-corrected chi connectivity index (χ3v) is 3.64. The Hall–Kier alpha value is -2.04. The molecule has 0 aliphatic heterocycles. The number of carbonyl (C=O) groups is 1. The molecule has 0 fully saturated rings. The summed E-state index contributed by atoms with van der Waals surface area (Å²) in [5, 5.41) is 15.5. The molecule has 0 bridgehead atoms. The molecule has 0 atom stereocenters. The van der Waals surface area contributed by atoms with Crippen LogP contribution in [0.5, 0.6) is 0 Å². The summed E-state index contributed by atoms with van der Waals surface area (Å²) in [6.07, 6.45) is 0. The lowest BCUT2D eigenvalue weighted by Gasteiger charge is -2.10. The molecule has 0 radical (unpaired) electrons. The minimum absolute atomic E-state index is 0.311. The molecule has 0 aromatic heterocycles. The van der Waals surface area contributed by atoms with Crippen LogP contribution in [-0.4, -0.2) is 16.8 Å². The quantitative estimate of drug-likeness (QED) is 0.498. The van der Waals surface area contributed by atoms with Crippen molar-refractivity contribution in [1.82, 2.24) is 0 Å². The first-order valence-electron chi connectivity index (χ1n) is 6.07. The molecule has 0 saturated carbocycles. The van der Waals surface area contributed by atoms with E-state index in [1.165, 1.54) is 6.07 Å². The van der Waals surface area contributed by atoms with Gasteiger partial charge in [0.25, 0.3) is 5.91 Å². The van der Waals surface area contributed by atoms with Gasteiger partial charge in [0.1, 0.15) is 0 Å². The molecule has 21 heavy (non-hydrogen) atoms. The molecule has 0 aliphatic carbocycles. The molecule has 2 N–H and O–H groups in total. The Labute approximate surface area is 132 Å². The molecule has 2 aromatic rings. The highest BCUT2D eigenvalue weighted by atomic mass is 35.5. The molecule has 1 amide bonds. The lowest BCUT2D eigenvalue weighted by Crippen LogP contribution is -2.14. The number of hydrogen-bond acceptors (Lipinski definition) is 3. The van der Waals surface area contributed by atoms with E-state index in [1.807, 2.05) is 0 Å². The van der Waals surface area contributed by atoms with E-state index in [2.05, 4.69) is 10.5 Å². The second-order valence-electron chi connectivity index (χ2n) is 4.31. The number of nitrogens with one attached hydrogen (secondary N) is 1. The Morgan fingerprint density at radius 2 is 1.86 bits per heavy atom. The predicted molar refractivity (Wildman–Crippen MR) is 84.9 cm³/mol. The van der Waals surface area contributed by atoms with Crippen molar-refractivity contribution in [2.45, 2.75) is 6.92 Å². The Balaban J connectivity index is 2.30. The number of rotatable bonds is 3. The van der Waals surface area contributed by atoms with Crippen molar-refractivity contribution in [3.05, 3.63) is 63.6 Å². The largest absolute Gasteiger partial charge is 0.411 e. The molecule has 6 heteroatoms. The molecule has 108 valence electrons. The fourth-order valence-corrected chi connectivity index (χ4v) is 2.09. The number of anilines is 1. The van der Waals surface area contributed by atoms with Gasteiger partial charge in [0.05, 0.1) is 21.4 Å². The lowest BCUT2D eigenvalue weighted by molar-refractivity contribution is 0.102. The summed E-state index contributed by atoms with van der Waals surface area (Å²) in [4.78, 5) is 12.2. The monoisotopic (exact) mass is 322 g/mol. The lowest BCUT2D eigenvalue weighted by atomic mass is 10.1. The number of halogens is 2. The molecule has 4 nitrogen and oxygen atoms in total. The van der Waals surface area contributed by atoms with Gasteiger partial charge in [-0.1, -0.05) is 46.6 Å². The third-order valence-electron chi connectivity index (χ3n) is 2.90. The maximum absolute atomic E-state index is 12.2.